The third kappa shape index (κ3) is 3.39. The minimum absolute atomic E-state index is 0.00199. The summed E-state index contributed by atoms with van der Waals surface area (Å²) in [5.74, 6) is 1.39. The number of fused-ring (bicyclic) bond motifs is 2. The Labute approximate surface area is 191 Å². The van der Waals surface area contributed by atoms with E-state index in [0.29, 0.717) is 35.1 Å². The molecular formula is C24H24ClN5O2. The van der Waals surface area contributed by atoms with Crippen molar-refractivity contribution in [3.63, 3.8) is 0 Å². The fourth-order valence-corrected chi connectivity index (χ4v) is 4.64. The molecule has 0 saturated carbocycles. The van der Waals surface area contributed by atoms with Crippen molar-refractivity contribution in [1.82, 2.24) is 9.88 Å². The van der Waals surface area contributed by atoms with E-state index >= 15 is 0 Å². The van der Waals surface area contributed by atoms with Gasteiger partial charge in [0.15, 0.2) is 5.82 Å². The summed E-state index contributed by atoms with van der Waals surface area (Å²) in [6, 6.07) is 13.3. The number of anilines is 3. The predicted molar refractivity (Wildman–Crippen MR) is 127 cm³/mol. The standard InChI is InChI=1S/C24H24ClN5O2/c1-3-13-7-8-20-23(27-13)29-22(28-20)12-30-11-17-14(5-4-6-15(17)24(30)31)16-9-21(32-2)19(26)10-18(16)25/h4-10,22,28H,3,11-12,26H2,1-2H3,(H,27,29). The number of nitrogens with two attached hydrogens (primary N) is 1. The number of carbonyl (C=O) groups is 1. The average molecular weight is 450 g/mol. The number of aromatic nitrogens is 1. The van der Waals surface area contributed by atoms with Crippen LogP contribution in [0.15, 0.2) is 42.5 Å². The zero-order valence-electron chi connectivity index (χ0n) is 17.9. The Bertz CT molecular complexity index is 1230. The summed E-state index contributed by atoms with van der Waals surface area (Å²) in [4.78, 5) is 19.6. The second-order valence-electron chi connectivity index (χ2n) is 7.98. The van der Waals surface area contributed by atoms with Crippen LogP contribution in [0.5, 0.6) is 5.75 Å². The number of hydrogen-bond acceptors (Lipinski definition) is 6. The Morgan fingerprint density at radius 3 is 2.78 bits per heavy atom. The number of methoxy groups -OCH3 is 1. The monoisotopic (exact) mass is 449 g/mol. The summed E-state index contributed by atoms with van der Waals surface area (Å²) >= 11 is 6.52. The second-order valence-corrected chi connectivity index (χ2v) is 8.39. The molecule has 0 saturated heterocycles. The highest BCUT2D eigenvalue weighted by atomic mass is 35.5. The van der Waals surface area contributed by atoms with Crippen molar-refractivity contribution in [3.05, 3.63) is 64.3 Å². The highest BCUT2D eigenvalue weighted by Gasteiger charge is 2.33. The summed E-state index contributed by atoms with van der Waals surface area (Å²) < 4.78 is 5.38. The molecule has 2 aliphatic heterocycles. The number of nitrogens with one attached hydrogen (secondary N) is 2. The van der Waals surface area contributed by atoms with Crippen LogP contribution in [0.3, 0.4) is 0 Å². The number of amides is 1. The van der Waals surface area contributed by atoms with Gasteiger partial charge in [-0.1, -0.05) is 30.7 Å². The molecule has 1 unspecified atom stereocenters. The normalized spacial score (nSPS) is 16.4. The molecule has 32 heavy (non-hydrogen) atoms. The van der Waals surface area contributed by atoms with Crippen LogP contribution in [-0.2, 0) is 13.0 Å². The lowest BCUT2D eigenvalue weighted by Gasteiger charge is -2.21. The smallest absolute Gasteiger partial charge is 0.254 e. The van der Waals surface area contributed by atoms with E-state index in [9.17, 15) is 4.79 Å². The highest BCUT2D eigenvalue weighted by Crippen LogP contribution is 2.40. The fraction of sp³-hybridized carbons (Fsp3) is 0.250. The molecule has 3 aromatic rings. The Hall–Kier alpha value is -3.45. The van der Waals surface area contributed by atoms with Gasteiger partial charge in [0.2, 0.25) is 0 Å². The third-order valence-electron chi connectivity index (χ3n) is 6.01. The number of carbonyl (C=O) groups excluding carboxylic acids is 1. The van der Waals surface area contributed by atoms with Gasteiger partial charge in [0, 0.05) is 23.4 Å². The van der Waals surface area contributed by atoms with Crippen molar-refractivity contribution in [1.29, 1.82) is 0 Å². The lowest BCUT2D eigenvalue weighted by Crippen LogP contribution is -2.38. The van der Waals surface area contributed by atoms with Crippen molar-refractivity contribution in [2.24, 2.45) is 0 Å². The van der Waals surface area contributed by atoms with Gasteiger partial charge in [0.1, 0.15) is 11.9 Å². The first-order chi connectivity index (χ1) is 15.5. The molecule has 4 N–H and O–H groups in total. The summed E-state index contributed by atoms with van der Waals surface area (Å²) in [6.45, 7) is 3.08. The molecular weight excluding hydrogens is 426 g/mol. The number of pyridine rings is 1. The van der Waals surface area contributed by atoms with Gasteiger partial charge in [-0.05, 0) is 47.9 Å². The highest BCUT2D eigenvalue weighted by molar-refractivity contribution is 6.33. The summed E-state index contributed by atoms with van der Waals surface area (Å²) in [5, 5.41) is 7.33. The van der Waals surface area contributed by atoms with E-state index in [0.717, 1.165) is 40.3 Å². The Kier molecular flexibility index (Phi) is 5.06. The number of benzene rings is 2. The zero-order valence-corrected chi connectivity index (χ0v) is 18.7. The van der Waals surface area contributed by atoms with Gasteiger partial charge in [-0.3, -0.25) is 4.79 Å². The maximum atomic E-state index is 13.2. The third-order valence-corrected chi connectivity index (χ3v) is 6.32. The Balaban J connectivity index is 1.40. The fourth-order valence-electron chi connectivity index (χ4n) is 4.37. The summed E-state index contributed by atoms with van der Waals surface area (Å²) in [6.07, 6.45) is 0.771. The maximum absolute atomic E-state index is 13.2. The molecule has 1 atom stereocenters. The van der Waals surface area contributed by atoms with E-state index < -0.39 is 0 Å². The molecule has 0 spiro atoms. The van der Waals surface area contributed by atoms with Crippen molar-refractivity contribution in [3.8, 4) is 16.9 Å². The van der Waals surface area contributed by atoms with Gasteiger partial charge in [-0.2, -0.15) is 0 Å². The van der Waals surface area contributed by atoms with Crippen LogP contribution in [0.4, 0.5) is 17.2 Å². The molecule has 7 nitrogen and oxygen atoms in total. The number of aryl methyl sites for hydroxylation is 1. The molecule has 3 heterocycles. The minimum atomic E-state index is -0.105. The number of hydrogen-bond donors (Lipinski definition) is 3. The van der Waals surface area contributed by atoms with Crippen LogP contribution in [-0.4, -0.2) is 35.6 Å². The van der Waals surface area contributed by atoms with Gasteiger partial charge in [0.25, 0.3) is 5.91 Å². The van der Waals surface area contributed by atoms with Gasteiger partial charge < -0.3 is 26.0 Å². The van der Waals surface area contributed by atoms with Crippen LogP contribution in [0, 0.1) is 0 Å². The van der Waals surface area contributed by atoms with E-state index in [1.807, 2.05) is 41.3 Å². The molecule has 0 bridgehead atoms. The van der Waals surface area contributed by atoms with Crippen molar-refractivity contribution < 1.29 is 9.53 Å². The molecule has 2 aromatic carbocycles. The number of ether oxygens (including phenoxy) is 1. The number of halogens is 1. The van der Waals surface area contributed by atoms with Gasteiger partial charge in [-0.15, -0.1) is 0 Å². The van der Waals surface area contributed by atoms with E-state index in [2.05, 4.69) is 22.5 Å². The summed E-state index contributed by atoms with van der Waals surface area (Å²) in [7, 11) is 1.57. The number of nitrogens with zero attached hydrogens (tertiary/aromatic N) is 2. The maximum Gasteiger partial charge on any atom is 0.254 e. The van der Waals surface area contributed by atoms with E-state index in [-0.39, 0.29) is 12.1 Å². The minimum Gasteiger partial charge on any atom is -0.495 e. The molecule has 1 amide bonds. The molecule has 0 fully saturated rings. The van der Waals surface area contributed by atoms with Crippen LogP contribution < -0.4 is 21.1 Å². The lowest BCUT2D eigenvalue weighted by molar-refractivity contribution is 0.0775. The van der Waals surface area contributed by atoms with Crippen molar-refractivity contribution in [2.45, 2.75) is 26.1 Å². The predicted octanol–water partition coefficient (Wildman–Crippen LogP) is 4.37. The first-order valence-corrected chi connectivity index (χ1v) is 10.9. The van der Waals surface area contributed by atoms with Crippen LogP contribution in [0.2, 0.25) is 5.02 Å². The largest absolute Gasteiger partial charge is 0.495 e. The topological polar surface area (TPSA) is 92.5 Å². The van der Waals surface area contributed by atoms with Crippen LogP contribution >= 0.6 is 11.6 Å². The average Bonchev–Trinajstić information content (AvgIpc) is 3.34. The van der Waals surface area contributed by atoms with Crippen molar-refractivity contribution >= 4 is 34.7 Å². The molecule has 1 aromatic heterocycles. The number of nitrogen functional groups attached to an aromatic ring is 1. The Morgan fingerprint density at radius 2 is 2.00 bits per heavy atom. The SMILES string of the molecule is CCc1ccc2c(n1)NC(CN1Cc3c(cccc3-c3cc(OC)c(N)cc3Cl)C1=O)N2. The summed E-state index contributed by atoms with van der Waals surface area (Å²) in [5.41, 5.74) is 11.8. The van der Waals surface area contributed by atoms with E-state index in [1.54, 1.807) is 13.2 Å². The van der Waals surface area contributed by atoms with Crippen LogP contribution in [0.25, 0.3) is 11.1 Å². The molecule has 8 heteroatoms. The molecule has 2 aliphatic rings. The van der Waals surface area contributed by atoms with E-state index in [4.69, 9.17) is 22.1 Å². The zero-order chi connectivity index (χ0) is 22.4. The van der Waals surface area contributed by atoms with Crippen molar-refractivity contribution in [2.75, 3.05) is 30.0 Å². The van der Waals surface area contributed by atoms with Gasteiger partial charge in [-0.25, -0.2) is 4.98 Å². The Morgan fingerprint density at radius 1 is 1.19 bits per heavy atom. The second kappa shape index (κ2) is 7.91. The first kappa shape index (κ1) is 20.5. The first-order valence-electron chi connectivity index (χ1n) is 10.6. The molecule has 0 aliphatic carbocycles. The van der Waals surface area contributed by atoms with Gasteiger partial charge >= 0.3 is 0 Å². The quantitative estimate of drug-likeness (QED) is 0.501. The molecule has 5 rings (SSSR count). The lowest BCUT2D eigenvalue weighted by atomic mass is 9.96. The van der Waals surface area contributed by atoms with Crippen LogP contribution in [0.1, 0.15) is 28.5 Å². The van der Waals surface area contributed by atoms with Gasteiger partial charge in [0.05, 0.1) is 30.1 Å². The molecule has 0 radical (unpaired) electrons. The molecule has 164 valence electrons. The van der Waals surface area contributed by atoms with E-state index in [1.165, 1.54) is 0 Å². The number of rotatable bonds is 5.